The number of sulfonamides is 1. The maximum Gasteiger partial charge on any atom is 0.211 e. The largest absolute Gasteiger partial charge is 0.330 e. The smallest absolute Gasteiger partial charge is 0.211 e. The Kier molecular flexibility index (Phi) is 5.72. The van der Waals surface area contributed by atoms with Crippen LogP contribution in [0.1, 0.15) is 45.4 Å². The van der Waals surface area contributed by atoms with Gasteiger partial charge in [0.05, 0.1) is 5.75 Å². The molecule has 0 amide bonds. The fourth-order valence-electron chi connectivity index (χ4n) is 2.33. The van der Waals surface area contributed by atoms with Gasteiger partial charge < -0.3 is 5.73 Å². The van der Waals surface area contributed by atoms with Crippen molar-refractivity contribution in [3.8, 4) is 0 Å². The molecular weight excluding hydrogens is 224 g/mol. The molecule has 0 aromatic rings. The molecule has 0 radical (unpaired) electrons. The molecule has 16 heavy (non-hydrogen) atoms. The average Bonchev–Trinajstić information content (AvgIpc) is 2.69. The third-order valence-corrected chi connectivity index (χ3v) is 4.90. The number of nitrogens with one attached hydrogen (secondary N) is 1. The maximum absolute atomic E-state index is 11.7. The second-order valence-corrected chi connectivity index (χ2v) is 6.64. The van der Waals surface area contributed by atoms with Gasteiger partial charge in [0.1, 0.15) is 0 Å². The summed E-state index contributed by atoms with van der Waals surface area (Å²) in [7, 11) is -3.10. The van der Waals surface area contributed by atoms with Gasteiger partial charge in [-0.15, -0.1) is 0 Å². The number of rotatable bonds is 7. The van der Waals surface area contributed by atoms with E-state index in [9.17, 15) is 8.42 Å². The molecule has 5 heteroatoms. The summed E-state index contributed by atoms with van der Waals surface area (Å²) >= 11 is 0. The Balaban J connectivity index is 2.33. The van der Waals surface area contributed by atoms with Gasteiger partial charge in [-0.05, 0) is 45.1 Å². The van der Waals surface area contributed by atoms with Crippen molar-refractivity contribution in [2.75, 3.05) is 12.3 Å². The second kappa shape index (κ2) is 6.57. The molecule has 0 heterocycles. The van der Waals surface area contributed by atoms with Crippen LogP contribution in [0.15, 0.2) is 0 Å². The molecule has 0 aromatic carbocycles. The summed E-state index contributed by atoms with van der Waals surface area (Å²) in [4.78, 5) is 0. The van der Waals surface area contributed by atoms with E-state index in [1.165, 1.54) is 12.8 Å². The predicted octanol–water partition coefficient (Wildman–Crippen LogP) is 1.22. The Morgan fingerprint density at radius 1 is 1.31 bits per heavy atom. The summed E-state index contributed by atoms with van der Waals surface area (Å²) in [6.45, 7) is 2.55. The fraction of sp³-hybridized carbons (Fsp3) is 1.00. The molecule has 3 N–H and O–H groups in total. The first-order valence-electron chi connectivity index (χ1n) is 6.25. The van der Waals surface area contributed by atoms with Gasteiger partial charge in [-0.1, -0.05) is 12.8 Å². The lowest BCUT2D eigenvalue weighted by molar-refractivity contribution is 0.423. The van der Waals surface area contributed by atoms with Crippen LogP contribution < -0.4 is 10.5 Å². The summed E-state index contributed by atoms with van der Waals surface area (Å²) in [5.41, 5.74) is 5.34. The normalized spacial score (nSPS) is 20.1. The van der Waals surface area contributed by atoms with Gasteiger partial charge in [-0.2, -0.15) is 0 Å². The van der Waals surface area contributed by atoms with E-state index in [1.807, 2.05) is 6.92 Å². The third-order valence-electron chi connectivity index (χ3n) is 3.34. The molecule has 1 atom stereocenters. The molecule has 0 spiro atoms. The van der Waals surface area contributed by atoms with Crippen molar-refractivity contribution < 1.29 is 8.42 Å². The fourth-order valence-corrected chi connectivity index (χ4v) is 3.79. The Labute approximate surface area is 99.0 Å². The zero-order chi connectivity index (χ0) is 12.0. The highest BCUT2D eigenvalue weighted by atomic mass is 32.2. The Hall–Kier alpha value is -0.130. The first kappa shape index (κ1) is 13.9. The van der Waals surface area contributed by atoms with E-state index in [2.05, 4.69) is 4.72 Å². The Morgan fingerprint density at radius 3 is 2.50 bits per heavy atom. The number of hydrogen-bond donors (Lipinski definition) is 2. The summed E-state index contributed by atoms with van der Waals surface area (Å²) in [6.07, 6.45) is 6.23. The van der Waals surface area contributed by atoms with Gasteiger partial charge in [0, 0.05) is 6.04 Å². The lowest BCUT2D eigenvalue weighted by atomic mass is 10.0. The molecule has 0 aromatic heterocycles. The highest BCUT2D eigenvalue weighted by molar-refractivity contribution is 7.89. The van der Waals surface area contributed by atoms with E-state index >= 15 is 0 Å². The zero-order valence-corrected chi connectivity index (χ0v) is 10.9. The topological polar surface area (TPSA) is 72.2 Å². The minimum atomic E-state index is -3.10. The molecular formula is C11H24N2O2S. The van der Waals surface area contributed by atoms with E-state index in [-0.39, 0.29) is 11.8 Å². The average molecular weight is 248 g/mol. The molecule has 1 rings (SSSR count). The van der Waals surface area contributed by atoms with Crippen LogP contribution in [0.3, 0.4) is 0 Å². The van der Waals surface area contributed by atoms with Crippen molar-refractivity contribution in [2.45, 2.75) is 51.5 Å². The first-order valence-corrected chi connectivity index (χ1v) is 7.90. The quantitative estimate of drug-likeness (QED) is 0.665. The van der Waals surface area contributed by atoms with Crippen molar-refractivity contribution in [1.29, 1.82) is 0 Å². The van der Waals surface area contributed by atoms with E-state index < -0.39 is 10.0 Å². The Morgan fingerprint density at radius 2 is 1.94 bits per heavy atom. The number of nitrogens with two attached hydrogens (primary N) is 1. The SMILES string of the molecule is CC(NS(=O)(=O)CCCCN)C1CCCC1. The predicted molar refractivity (Wildman–Crippen MR) is 66.6 cm³/mol. The van der Waals surface area contributed by atoms with Crippen LogP contribution in [0.4, 0.5) is 0 Å². The minimum Gasteiger partial charge on any atom is -0.330 e. The highest BCUT2D eigenvalue weighted by Crippen LogP contribution is 2.27. The van der Waals surface area contributed by atoms with Crippen LogP contribution in [0, 0.1) is 5.92 Å². The van der Waals surface area contributed by atoms with Gasteiger partial charge in [0.2, 0.25) is 10.0 Å². The molecule has 0 bridgehead atoms. The van der Waals surface area contributed by atoms with Gasteiger partial charge in [-0.25, -0.2) is 13.1 Å². The number of hydrogen-bond acceptors (Lipinski definition) is 3. The maximum atomic E-state index is 11.7. The van der Waals surface area contributed by atoms with Crippen LogP contribution in [0.2, 0.25) is 0 Å². The van der Waals surface area contributed by atoms with E-state index in [0.717, 1.165) is 19.3 Å². The second-order valence-electron chi connectivity index (χ2n) is 4.77. The summed E-state index contributed by atoms with van der Waals surface area (Å²) in [6, 6.07) is 0.0883. The summed E-state index contributed by atoms with van der Waals surface area (Å²) in [5, 5.41) is 0. The van der Waals surface area contributed by atoms with Crippen molar-refractivity contribution in [3.63, 3.8) is 0 Å². The van der Waals surface area contributed by atoms with Gasteiger partial charge in [-0.3, -0.25) is 0 Å². The van der Waals surface area contributed by atoms with Gasteiger partial charge in [0.25, 0.3) is 0 Å². The molecule has 1 fully saturated rings. The number of unbranched alkanes of at least 4 members (excludes halogenated alkanes) is 1. The summed E-state index contributed by atoms with van der Waals surface area (Å²) in [5.74, 6) is 0.741. The van der Waals surface area contributed by atoms with E-state index in [1.54, 1.807) is 0 Å². The van der Waals surface area contributed by atoms with Crippen LogP contribution >= 0.6 is 0 Å². The molecule has 1 aliphatic carbocycles. The lowest BCUT2D eigenvalue weighted by Crippen LogP contribution is -2.38. The van der Waals surface area contributed by atoms with Crippen LogP contribution in [0.25, 0.3) is 0 Å². The van der Waals surface area contributed by atoms with Crippen LogP contribution in [-0.2, 0) is 10.0 Å². The van der Waals surface area contributed by atoms with Gasteiger partial charge >= 0.3 is 0 Å². The third kappa shape index (κ3) is 4.80. The molecule has 1 unspecified atom stereocenters. The molecule has 4 nitrogen and oxygen atoms in total. The summed E-state index contributed by atoms with van der Waals surface area (Å²) < 4.78 is 26.2. The standard InChI is InChI=1S/C11H24N2O2S/c1-10(11-6-2-3-7-11)13-16(14,15)9-5-4-8-12/h10-11,13H,2-9,12H2,1H3. The molecule has 1 saturated carbocycles. The van der Waals surface area contributed by atoms with E-state index in [4.69, 9.17) is 5.73 Å². The van der Waals surface area contributed by atoms with Crippen LogP contribution in [0.5, 0.6) is 0 Å². The molecule has 96 valence electrons. The Bertz CT molecular complexity index is 284. The van der Waals surface area contributed by atoms with Gasteiger partial charge in [0.15, 0.2) is 0 Å². The monoisotopic (exact) mass is 248 g/mol. The van der Waals surface area contributed by atoms with Crippen molar-refractivity contribution in [1.82, 2.24) is 4.72 Å². The first-order chi connectivity index (χ1) is 7.55. The lowest BCUT2D eigenvalue weighted by Gasteiger charge is -2.20. The zero-order valence-electron chi connectivity index (χ0n) is 10.1. The minimum absolute atomic E-state index is 0.0883. The van der Waals surface area contributed by atoms with E-state index in [0.29, 0.717) is 18.9 Å². The molecule has 1 aliphatic rings. The molecule has 0 saturated heterocycles. The van der Waals surface area contributed by atoms with Crippen molar-refractivity contribution in [2.24, 2.45) is 11.7 Å². The van der Waals surface area contributed by atoms with Crippen molar-refractivity contribution in [3.05, 3.63) is 0 Å². The van der Waals surface area contributed by atoms with Crippen LogP contribution in [-0.4, -0.2) is 26.8 Å². The highest BCUT2D eigenvalue weighted by Gasteiger charge is 2.24. The van der Waals surface area contributed by atoms with Crippen molar-refractivity contribution >= 4 is 10.0 Å². The molecule has 0 aliphatic heterocycles.